The Labute approximate surface area is 140 Å². The Balaban J connectivity index is 2.79. The number of amides is 2. The average Bonchev–Trinajstić information content (AvgIpc) is 2.50. The van der Waals surface area contributed by atoms with E-state index in [2.05, 4.69) is 10.6 Å². The van der Waals surface area contributed by atoms with Gasteiger partial charge in [0.2, 0.25) is 5.91 Å². The monoisotopic (exact) mass is 342 g/mol. The number of benzene rings is 1. The van der Waals surface area contributed by atoms with E-state index in [4.69, 9.17) is 0 Å². The quantitative estimate of drug-likeness (QED) is 0.676. The van der Waals surface area contributed by atoms with Gasteiger partial charge < -0.3 is 15.7 Å². The highest BCUT2D eigenvalue weighted by atomic mass is 19.1. The lowest BCUT2D eigenvalue weighted by Crippen LogP contribution is -2.51. The van der Waals surface area contributed by atoms with Gasteiger partial charge >= 0.3 is 0 Å². The summed E-state index contributed by atoms with van der Waals surface area (Å²) in [5.74, 6) is -3.78. The lowest BCUT2D eigenvalue weighted by molar-refractivity contribution is -0.124. The SMILES string of the molecule is CCCC(O)CNC(=O)C(NC(=O)c1c(F)cccc1F)C(C)C. The zero-order chi connectivity index (χ0) is 18.3. The summed E-state index contributed by atoms with van der Waals surface area (Å²) in [6, 6.07) is 2.14. The van der Waals surface area contributed by atoms with Gasteiger partial charge in [-0.3, -0.25) is 9.59 Å². The predicted molar refractivity (Wildman–Crippen MR) is 86.4 cm³/mol. The molecule has 0 aromatic heterocycles. The number of nitrogens with one attached hydrogen (secondary N) is 2. The maximum Gasteiger partial charge on any atom is 0.257 e. The van der Waals surface area contributed by atoms with Crippen molar-refractivity contribution in [2.75, 3.05) is 6.54 Å². The van der Waals surface area contributed by atoms with Crippen LogP contribution in [-0.2, 0) is 4.79 Å². The Bertz CT molecular complexity index is 559. The summed E-state index contributed by atoms with van der Waals surface area (Å²) in [7, 11) is 0. The van der Waals surface area contributed by atoms with Gasteiger partial charge in [-0.2, -0.15) is 0 Å². The Morgan fingerprint density at radius 3 is 2.29 bits per heavy atom. The first kappa shape index (κ1) is 20.0. The molecule has 1 aromatic carbocycles. The number of rotatable bonds is 8. The van der Waals surface area contributed by atoms with Crippen LogP contribution < -0.4 is 10.6 Å². The van der Waals surface area contributed by atoms with Crippen LogP contribution in [0.5, 0.6) is 0 Å². The molecule has 0 saturated heterocycles. The van der Waals surface area contributed by atoms with Crippen LogP contribution in [-0.4, -0.2) is 35.6 Å². The zero-order valence-electron chi connectivity index (χ0n) is 14.1. The van der Waals surface area contributed by atoms with Gasteiger partial charge in [0, 0.05) is 6.54 Å². The van der Waals surface area contributed by atoms with E-state index in [0.29, 0.717) is 6.42 Å². The molecule has 0 aliphatic carbocycles. The smallest absolute Gasteiger partial charge is 0.257 e. The standard InChI is InChI=1S/C17H24F2N2O3/c1-4-6-11(22)9-20-17(24)15(10(2)3)21-16(23)14-12(18)7-5-8-13(14)19/h5,7-8,10-11,15,22H,4,6,9H2,1-3H3,(H,20,24)(H,21,23). The molecule has 0 fully saturated rings. The van der Waals surface area contributed by atoms with Gasteiger partial charge in [-0.05, 0) is 24.5 Å². The molecule has 2 unspecified atom stereocenters. The maximum absolute atomic E-state index is 13.7. The third-order valence-corrected chi connectivity index (χ3v) is 3.56. The lowest BCUT2D eigenvalue weighted by atomic mass is 10.0. The Kier molecular flexibility index (Phi) is 7.78. The summed E-state index contributed by atoms with van der Waals surface area (Å²) in [4.78, 5) is 24.3. The van der Waals surface area contributed by atoms with Gasteiger partial charge in [0.25, 0.3) is 5.91 Å². The fourth-order valence-corrected chi connectivity index (χ4v) is 2.23. The largest absolute Gasteiger partial charge is 0.391 e. The Hall–Kier alpha value is -2.02. The molecule has 2 amide bonds. The Morgan fingerprint density at radius 2 is 1.79 bits per heavy atom. The van der Waals surface area contributed by atoms with E-state index in [-0.39, 0.29) is 12.5 Å². The number of carbonyl (C=O) groups excluding carboxylic acids is 2. The van der Waals surface area contributed by atoms with Gasteiger partial charge in [0.05, 0.1) is 6.10 Å². The molecule has 0 radical (unpaired) electrons. The van der Waals surface area contributed by atoms with E-state index in [0.717, 1.165) is 24.6 Å². The summed E-state index contributed by atoms with van der Waals surface area (Å²) in [6.07, 6.45) is 0.638. The fourth-order valence-electron chi connectivity index (χ4n) is 2.23. The molecule has 0 heterocycles. The summed E-state index contributed by atoms with van der Waals surface area (Å²) < 4.78 is 27.3. The molecule has 24 heavy (non-hydrogen) atoms. The van der Waals surface area contributed by atoms with Crippen molar-refractivity contribution in [2.45, 2.75) is 45.8 Å². The molecule has 134 valence electrons. The van der Waals surface area contributed by atoms with Crippen LogP contribution in [0.15, 0.2) is 18.2 Å². The molecule has 5 nitrogen and oxygen atoms in total. The number of halogens is 2. The summed E-state index contributed by atoms with van der Waals surface area (Å²) >= 11 is 0. The summed E-state index contributed by atoms with van der Waals surface area (Å²) in [6.45, 7) is 5.36. The topological polar surface area (TPSA) is 78.4 Å². The van der Waals surface area contributed by atoms with E-state index in [9.17, 15) is 23.5 Å². The second kappa shape index (κ2) is 9.32. The molecule has 1 aromatic rings. The van der Waals surface area contributed by atoms with E-state index in [1.54, 1.807) is 13.8 Å². The highest BCUT2D eigenvalue weighted by Crippen LogP contribution is 2.13. The van der Waals surface area contributed by atoms with Gasteiger partial charge in [-0.15, -0.1) is 0 Å². The highest BCUT2D eigenvalue weighted by Gasteiger charge is 2.27. The molecule has 3 N–H and O–H groups in total. The first-order valence-electron chi connectivity index (χ1n) is 7.98. The van der Waals surface area contributed by atoms with Crippen molar-refractivity contribution in [3.8, 4) is 0 Å². The highest BCUT2D eigenvalue weighted by molar-refractivity contribution is 5.98. The number of hydrogen-bond donors (Lipinski definition) is 3. The molecular formula is C17H24F2N2O3. The normalized spacial score (nSPS) is 13.5. The lowest BCUT2D eigenvalue weighted by Gasteiger charge is -2.22. The zero-order valence-corrected chi connectivity index (χ0v) is 14.1. The molecule has 7 heteroatoms. The number of hydrogen-bond acceptors (Lipinski definition) is 3. The second-order valence-corrected chi connectivity index (χ2v) is 5.98. The van der Waals surface area contributed by atoms with Crippen LogP contribution in [0.3, 0.4) is 0 Å². The Morgan fingerprint density at radius 1 is 1.21 bits per heavy atom. The van der Waals surface area contributed by atoms with E-state index in [1.807, 2.05) is 6.92 Å². The van der Waals surface area contributed by atoms with Crippen molar-refractivity contribution in [2.24, 2.45) is 5.92 Å². The number of aliphatic hydroxyl groups is 1. The first-order chi connectivity index (χ1) is 11.3. The van der Waals surface area contributed by atoms with Crippen LogP contribution in [0.25, 0.3) is 0 Å². The number of carbonyl (C=O) groups is 2. The molecule has 0 bridgehead atoms. The minimum atomic E-state index is -0.992. The molecule has 0 aliphatic rings. The summed E-state index contributed by atoms with van der Waals surface area (Å²) in [5, 5.41) is 14.6. The van der Waals surface area contributed by atoms with Crippen molar-refractivity contribution in [1.29, 1.82) is 0 Å². The maximum atomic E-state index is 13.7. The predicted octanol–water partition coefficient (Wildman–Crippen LogP) is 2.00. The average molecular weight is 342 g/mol. The van der Waals surface area contributed by atoms with Gasteiger partial charge in [0.1, 0.15) is 23.2 Å². The first-order valence-corrected chi connectivity index (χ1v) is 7.98. The third kappa shape index (κ3) is 5.56. The molecule has 0 saturated carbocycles. The third-order valence-electron chi connectivity index (χ3n) is 3.56. The molecule has 0 aliphatic heterocycles. The van der Waals surface area contributed by atoms with Crippen LogP contribution in [0.4, 0.5) is 8.78 Å². The van der Waals surface area contributed by atoms with Crippen LogP contribution in [0.2, 0.25) is 0 Å². The van der Waals surface area contributed by atoms with Crippen molar-refractivity contribution in [3.05, 3.63) is 35.4 Å². The second-order valence-electron chi connectivity index (χ2n) is 5.98. The molecule has 0 spiro atoms. The van der Waals surface area contributed by atoms with E-state index >= 15 is 0 Å². The fraction of sp³-hybridized carbons (Fsp3) is 0.529. The van der Waals surface area contributed by atoms with Gasteiger partial charge in [-0.1, -0.05) is 33.3 Å². The van der Waals surface area contributed by atoms with Crippen LogP contribution >= 0.6 is 0 Å². The van der Waals surface area contributed by atoms with Crippen molar-refractivity contribution in [3.63, 3.8) is 0 Å². The van der Waals surface area contributed by atoms with E-state index < -0.39 is 41.2 Å². The van der Waals surface area contributed by atoms with E-state index in [1.165, 1.54) is 0 Å². The van der Waals surface area contributed by atoms with Gasteiger partial charge in [0.15, 0.2) is 0 Å². The minimum absolute atomic E-state index is 0.0554. The van der Waals surface area contributed by atoms with Crippen LogP contribution in [0, 0.1) is 17.6 Å². The van der Waals surface area contributed by atoms with Crippen molar-refractivity contribution in [1.82, 2.24) is 10.6 Å². The van der Waals surface area contributed by atoms with Crippen LogP contribution in [0.1, 0.15) is 44.0 Å². The summed E-state index contributed by atoms with van der Waals surface area (Å²) in [5.41, 5.74) is -0.720. The molecular weight excluding hydrogens is 318 g/mol. The molecule has 2 atom stereocenters. The molecule has 1 rings (SSSR count). The minimum Gasteiger partial charge on any atom is -0.391 e. The van der Waals surface area contributed by atoms with Crippen molar-refractivity contribution < 1.29 is 23.5 Å². The van der Waals surface area contributed by atoms with Crippen molar-refractivity contribution >= 4 is 11.8 Å². The number of aliphatic hydroxyl groups excluding tert-OH is 1. The van der Waals surface area contributed by atoms with Gasteiger partial charge in [-0.25, -0.2) is 8.78 Å².